The van der Waals surface area contributed by atoms with Gasteiger partial charge in [0.1, 0.15) is 55.6 Å². The number of fused-ring (bicyclic) bond motifs is 2. The van der Waals surface area contributed by atoms with Crippen molar-refractivity contribution in [3.63, 3.8) is 0 Å². The number of Topliss-reactive ketones (excluding diaryl/α,β-unsaturated/α-hetero) is 3. The van der Waals surface area contributed by atoms with Crippen LogP contribution in [0.1, 0.15) is 135 Å². The van der Waals surface area contributed by atoms with Crippen LogP contribution in [-0.2, 0) is 97.0 Å². The monoisotopic (exact) mass is 1980 g/mol. The highest BCUT2D eigenvalue weighted by Gasteiger charge is 2.53. The average molecular weight is 1990 g/mol. The van der Waals surface area contributed by atoms with Crippen molar-refractivity contribution >= 4 is 108 Å². The number of carbonyl (C=O) groups is 8. The maximum Gasteiger partial charge on any atom is 0.411 e. The molecule has 2 bridgehead atoms. The van der Waals surface area contributed by atoms with Crippen LogP contribution in [0.3, 0.4) is 0 Å². The molecule has 37 nitrogen and oxygen atoms in total. The molecule has 6 aliphatic rings. The zero-order valence-electron chi connectivity index (χ0n) is 75.3. The van der Waals surface area contributed by atoms with E-state index < -0.39 is 174 Å². The molecule has 4 heterocycles. The van der Waals surface area contributed by atoms with Gasteiger partial charge < -0.3 is 128 Å². The number of benzene rings is 2. The van der Waals surface area contributed by atoms with Gasteiger partial charge in [0.25, 0.3) is 0 Å². The molecule has 0 aromatic heterocycles. The molecule has 17 unspecified atom stereocenters. The fourth-order valence-corrected chi connectivity index (χ4v) is 19.1. The topological polar surface area (TPSA) is 492 Å². The number of alkyl carbamates (subject to hydrolysis) is 2. The van der Waals surface area contributed by atoms with Crippen molar-refractivity contribution < 1.29 is 150 Å². The maximum absolute atomic E-state index is 14.7. The smallest absolute Gasteiger partial charge is 0.411 e. The van der Waals surface area contributed by atoms with E-state index in [1.54, 1.807) is 71.9 Å². The summed E-state index contributed by atoms with van der Waals surface area (Å²) < 4.78 is 95.1. The van der Waals surface area contributed by atoms with Gasteiger partial charge in [0, 0.05) is 92.7 Å². The number of ether oxygens (including phenoxy) is 16. The minimum Gasteiger partial charge on any atom is -0.492 e. The molecule has 2 aromatic carbocycles. The number of hydrogen-bond acceptors (Lipinski definition) is 36. The first-order valence-corrected chi connectivity index (χ1v) is 46.9. The molecule has 41 heteroatoms. The minimum atomic E-state index is -2.25. The van der Waals surface area contributed by atoms with Crippen LogP contribution < -0.4 is 41.4 Å². The van der Waals surface area contributed by atoms with Gasteiger partial charge in [0.05, 0.1) is 143 Å². The van der Waals surface area contributed by atoms with E-state index in [1.165, 1.54) is 67.1 Å². The summed E-state index contributed by atoms with van der Waals surface area (Å²) in [5, 5.41) is 74.9. The minimum absolute atomic E-state index is 0.0126. The fraction of sp³-hybridized carbons (Fsp3) is 0.659. The number of rotatable bonds is 47. The molecule has 718 valence electrons. The molecule has 4 saturated heterocycles. The molecule has 2 aliphatic carbocycles. The second-order valence-electron chi connectivity index (χ2n) is 32.4. The summed E-state index contributed by atoms with van der Waals surface area (Å²) in [6.07, 6.45) is -16.4. The lowest BCUT2D eigenvalue weighted by molar-refractivity contribution is -0.337. The number of thioether (sulfide) groups is 1. The third-order valence-electron chi connectivity index (χ3n) is 22.3. The van der Waals surface area contributed by atoms with Gasteiger partial charge in [-0.25, -0.2) is 9.59 Å². The number of ketones is 3. The molecule has 12 N–H and O–H groups in total. The van der Waals surface area contributed by atoms with Crippen LogP contribution in [0.2, 0.25) is 0 Å². The fourth-order valence-electron chi connectivity index (χ4n) is 14.9. The van der Waals surface area contributed by atoms with E-state index in [2.05, 4.69) is 45.1 Å². The van der Waals surface area contributed by atoms with Crippen LogP contribution in [0.4, 0.5) is 15.3 Å². The summed E-state index contributed by atoms with van der Waals surface area (Å²) in [4.78, 5) is 116. The molecular weight excluding hydrogens is 1860 g/mol. The number of likely N-dealkylation sites (N-methyl/N-ethyl adjacent to an activating group) is 1. The number of nitrogens with one attached hydrogen (secondary N) is 4. The highest BCUT2D eigenvalue weighted by Crippen LogP contribution is 2.50. The molecule has 8 rings (SSSR count). The van der Waals surface area contributed by atoms with E-state index in [-0.39, 0.29) is 121 Å². The van der Waals surface area contributed by atoms with Crippen molar-refractivity contribution in [2.75, 3.05) is 113 Å². The zero-order chi connectivity index (χ0) is 94.6. The van der Waals surface area contributed by atoms with E-state index in [0.717, 1.165) is 18.9 Å². The highest BCUT2D eigenvalue weighted by atomic mass is 127. The maximum atomic E-state index is 14.7. The number of nitrogens with zero attached hydrogens (tertiary/aromatic N) is 1. The number of allylic oxidation sites excluding steroid dienone is 3. The van der Waals surface area contributed by atoms with Crippen molar-refractivity contribution in [3.05, 3.63) is 79.6 Å². The number of halogens is 1. The van der Waals surface area contributed by atoms with Crippen molar-refractivity contribution in [2.24, 2.45) is 17.6 Å². The highest BCUT2D eigenvalue weighted by molar-refractivity contribution is 14.1. The Bertz CT molecular complexity index is 4320. The van der Waals surface area contributed by atoms with Gasteiger partial charge >= 0.3 is 12.2 Å². The second kappa shape index (κ2) is 52.3. The van der Waals surface area contributed by atoms with E-state index in [0.29, 0.717) is 79.1 Å². The number of anilines is 1. The molecule has 0 spiro atoms. The zero-order valence-corrected chi connectivity index (χ0v) is 79.9. The van der Waals surface area contributed by atoms with Crippen LogP contribution >= 0.6 is 55.9 Å². The Labute approximate surface area is 777 Å². The molecule has 4 aliphatic heterocycles. The Hall–Kier alpha value is -6.68. The summed E-state index contributed by atoms with van der Waals surface area (Å²) in [6, 6.07) is 3.75. The Balaban J connectivity index is 1.00. The number of nitrogens with two attached hydrogens (primary N) is 1. The van der Waals surface area contributed by atoms with Gasteiger partial charge in [-0.15, -0.1) is 0 Å². The van der Waals surface area contributed by atoms with Crippen LogP contribution in [-0.4, -0.2) is 315 Å². The van der Waals surface area contributed by atoms with Crippen LogP contribution in [0.5, 0.6) is 17.2 Å². The number of aliphatic hydroxyl groups is 6. The summed E-state index contributed by atoms with van der Waals surface area (Å²) in [7, 11) is 9.38. The first kappa shape index (κ1) is 108. The number of aliphatic hydroxyl groups excluding tert-OH is 5. The van der Waals surface area contributed by atoms with Gasteiger partial charge in [0.2, 0.25) is 29.0 Å². The summed E-state index contributed by atoms with van der Waals surface area (Å²) in [5.74, 6) is 9.13. The van der Waals surface area contributed by atoms with Crippen LogP contribution in [0, 0.1) is 46.0 Å². The lowest BCUT2D eigenvalue weighted by Gasteiger charge is -2.47. The molecule has 0 saturated carbocycles. The van der Waals surface area contributed by atoms with E-state index in [4.69, 9.17) is 91.5 Å². The Morgan fingerprint density at radius 1 is 0.791 bits per heavy atom. The van der Waals surface area contributed by atoms with Crippen LogP contribution in [0.15, 0.2) is 59.3 Å². The lowest BCUT2D eigenvalue weighted by Crippen LogP contribution is -2.65. The average Bonchev–Trinajstić information content (AvgIpc) is 0.754. The summed E-state index contributed by atoms with van der Waals surface area (Å²) in [5.41, 5.74) is 7.60. The van der Waals surface area contributed by atoms with E-state index >= 15 is 0 Å². The Morgan fingerprint density at radius 3 is 2.12 bits per heavy atom. The predicted molar refractivity (Wildman–Crippen MR) is 482 cm³/mol. The van der Waals surface area contributed by atoms with Crippen LogP contribution in [0.25, 0.3) is 0 Å². The quantitative estimate of drug-likeness (QED) is 0.0127. The van der Waals surface area contributed by atoms with Gasteiger partial charge in [-0.1, -0.05) is 96.0 Å². The number of methoxy groups -OCH3 is 5. The Morgan fingerprint density at radius 2 is 1.47 bits per heavy atom. The van der Waals surface area contributed by atoms with E-state index in [1.807, 2.05) is 50.3 Å². The number of carbonyl (C=O) groups excluding carboxylic acids is 8. The molecule has 129 heavy (non-hydrogen) atoms. The number of amides is 4. The summed E-state index contributed by atoms with van der Waals surface area (Å²) >= 11 is 2.75. The normalized spacial score (nSPS) is 28.0. The predicted octanol–water partition coefficient (Wildman–Crippen LogP) is 5.55. The van der Waals surface area contributed by atoms with Gasteiger partial charge in [-0.3, -0.25) is 38.9 Å². The van der Waals surface area contributed by atoms with Crippen molar-refractivity contribution in [2.45, 2.75) is 253 Å². The molecule has 21 atom stereocenters. The van der Waals surface area contributed by atoms with Gasteiger partial charge in [0.15, 0.2) is 47.5 Å². The van der Waals surface area contributed by atoms with E-state index in [9.17, 15) is 63.9 Å². The van der Waals surface area contributed by atoms with Gasteiger partial charge in [-0.05, 0) is 125 Å². The third kappa shape index (κ3) is 30.2. The Kier molecular flexibility index (Phi) is 43.6. The lowest BCUT2D eigenvalue weighted by atomic mass is 9.75. The second-order valence-corrected chi connectivity index (χ2v) is 37.7. The SMILES string of the molecule is CCN(C(=O)CNC(=O)OCc1ccc(NC(=O)[C@H](C)CC(=O)[C@@H](N)C(C)C)cc1)C1COC(OC2C(O[C@H]3C#C/C=C\C#C[C@]4(O)CC(=O)C(NC(=O)OC)=C3/C4=C\CSSC(C)(C)CCC(=O)CCCOCCOCCOCCO)OC(C)C(NOC3CC(O)C(SC(=O)c4c(C)c(I)c(OC5OC(C)C(O)C(OC)C5O)c(OC)c4OC)C(C)O3)C2O)CC1OC. The molecule has 2 aromatic rings. The molecule has 4 fully saturated rings. The molecule has 4 amide bonds. The van der Waals surface area contributed by atoms with Gasteiger partial charge in [-0.2, -0.15) is 5.48 Å². The standard InChI is InChI=1S/C88H125IN6O31S3/c1-16-95(63(101)44-91-85(107)119-45-53-24-26-54(27-25-53)92-81(105)48(4)40-58(98)69(90)47(2)3)57-46-118-64(42-62(57)110-11)124-78-73(103)70(94-126-65-41-59(99)80(52(8)120-65)128-82(106)66-49(5)68(89)76(79(113-14)75(66)111-12)125-83-74(104)77(112-13)72(102)51(7)122-83)50(6)121-84(78)123-61-23-19-17-18-20-30-88(109)43-60(100)71(93-86(108)114-15)67(61)56(88)29-39-127-129-87(9,10)31-28-55(97)22-21-33-115-35-37-117-38-36-116-34-32-96/h17-18,24-27,29,47-48,50-52,57,59,61-62,64-65,69-70,72-74,77-78,80,83-84,94,96,99,102-104,109H,16,21-22,28,31-46,90H2,1-15H3,(H,91,107)(H,92,105)(H,93,108)/b18-17-,56-29+/t48-,50?,51?,52?,57?,59?,61+,62?,64?,65?,69+,70?,72?,73?,74?,77?,78?,80?,83?,84?,88+/m1/s1. The number of hydroxylamine groups is 1. The largest absolute Gasteiger partial charge is 0.492 e. The molecular formula is C88H125IN6O31S3. The third-order valence-corrected chi connectivity index (χ3v) is 28.1. The summed E-state index contributed by atoms with van der Waals surface area (Å²) in [6.45, 7) is 18.6. The van der Waals surface area contributed by atoms with Crippen molar-refractivity contribution in [1.29, 1.82) is 0 Å². The van der Waals surface area contributed by atoms with Crippen molar-refractivity contribution in [1.82, 2.24) is 21.0 Å². The molecule has 0 radical (unpaired) electrons. The van der Waals surface area contributed by atoms with Crippen molar-refractivity contribution in [3.8, 4) is 40.9 Å². The number of hydrogen-bond donors (Lipinski definition) is 11. The first-order chi connectivity index (χ1) is 61.5. The first-order valence-electron chi connectivity index (χ1n) is 42.7.